The highest BCUT2D eigenvalue weighted by molar-refractivity contribution is 5.65. The van der Waals surface area contributed by atoms with Crippen LogP contribution in [0.3, 0.4) is 0 Å². The van der Waals surface area contributed by atoms with Crippen LogP contribution in [0.2, 0.25) is 0 Å². The molecule has 1 aliphatic heterocycles. The van der Waals surface area contributed by atoms with Crippen LogP contribution < -0.4 is 0 Å². The van der Waals surface area contributed by atoms with Gasteiger partial charge in [-0.2, -0.15) is 0 Å². The number of carbonyl (C=O) groups is 1. The molecule has 0 aromatic heterocycles. The van der Waals surface area contributed by atoms with Gasteiger partial charge < -0.3 is 14.7 Å². The van der Waals surface area contributed by atoms with Crippen LogP contribution in [-0.2, 0) is 4.74 Å². The van der Waals surface area contributed by atoms with Crippen molar-refractivity contribution < 1.29 is 14.6 Å². The zero-order valence-corrected chi connectivity index (χ0v) is 9.02. The summed E-state index contributed by atoms with van der Waals surface area (Å²) < 4.78 is 5.73. The van der Waals surface area contributed by atoms with Crippen molar-refractivity contribution in [1.29, 1.82) is 0 Å². The first-order valence-electron chi connectivity index (χ1n) is 5.85. The first-order chi connectivity index (χ1) is 7.25. The largest absolute Gasteiger partial charge is 0.465 e. The van der Waals surface area contributed by atoms with Crippen LogP contribution >= 0.6 is 0 Å². The second-order valence-corrected chi connectivity index (χ2v) is 4.62. The van der Waals surface area contributed by atoms with Gasteiger partial charge >= 0.3 is 6.09 Å². The Morgan fingerprint density at radius 1 is 1.33 bits per heavy atom. The number of piperidine rings is 1. The Morgan fingerprint density at radius 3 is 2.73 bits per heavy atom. The number of amides is 1. The Kier molecular flexibility index (Phi) is 3.46. The van der Waals surface area contributed by atoms with Crippen LogP contribution in [0.5, 0.6) is 0 Å². The van der Waals surface area contributed by atoms with E-state index >= 15 is 0 Å². The molecule has 1 N–H and O–H groups in total. The molecule has 1 saturated carbocycles. The molecule has 0 aromatic carbocycles. The second kappa shape index (κ2) is 4.84. The number of hydrogen-bond donors (Lipinski definition) is 1. The number of ether oxygens (including phenoxy) is 1. The van der Waals surface area contributed by atoms with Crippen molar-refractivity contribution in [2.75, 3.05) is 19.7 Å². The highest BCUT2D eigenvalue weighted by Crippen LogP contribution is 2.24. The maximum Gasteiger partial charge on any atom is 0.407 e. The van der Waals surface area contributed by atoms with Gasteiger partial charge in [-0.25, -0.2) is 4.79 Å². The van der Waals surface area contributed by atoms with E-state index in [1.165, 1.54) is 24.2 Å². The van der Waals surface area contributed by atoms with Gasteiger partial charge in [0.05, 0.1) is 12.7 Å². The maximum absolute atomic E-state index is 10.8. The predicted octanol–water partition coefficient (Wildman–Crippen LogP) is 1.95. The summed E-state index contributed by atoms with van der Waals surface area (Å²) in [6.07, 6.45) is 5.43. The molecule has 1 unspecified atom stereocenters. The standard InChI is InChI=1S/C11H19NO3/c13-11(14)12-6-2-3-9(7-12)8-15-10-4-1-5-10/h9-10H,1-8H2,(H,13,14). The molecule has 0 spiro atoms. The maximum atomic E-state index is 10.8. The summed E-state index contributed by atoms with van der Waals surface area (Å²) in [5.74, 6) is 0.412. The second-order valence-electron chi connectivity index (χ2n) is 4.62. The van der Waals surface area contributed by atoms with Gasteiger partial charge in [-0.3, -0.25) is 0 Å². The number of carboxylic acid groups (broad SMARTS) is 1. The van der Waals surface area contributed by atoms with Gasteiger partial charge in [-0.1, -0.05) is 0 Å². The minimum atomic E-state index is -0.789. The van der Waals surface area contributed by atoms with E-state index in [-0.39, 0.29) is 0 Å². The summed E-state index contributed by atoms with van der Waals surface area (Å²) in [7, 11) is 0. The summed E-state index contributed by atoms with van der Waals surface area (Å²) in [6, 6.07) is 0. The molecular formula is C11H19NO3. The van der Waals surface area contributed by atoms with E-state index in [9.17, 15) is 4.79 Å². The van der Waals surface area contributed by atoms with Gasteiger partial charge in [0.25, 0.3) is 0 Å². The quantitative estimate of drug-likeness (QED) is 0.779. The molecule has 0 aromatic rings. The number of hydrogen-bond acceptors (Lipinski definition) is 2. The highest BCUT2D eigenvalue weighted by Gasteiger charge is 2.25. The van der Waals surface area contributed by atoms with Crippen LogP contribution in [-0.4, -0.2) is 41.9 Å². The van der Waals surface area contributed by atoms with Crippen molar-refractivity contribution in [3.8, 4) is 0 Å². The van der Waals surface area contributed by atoms with E-state index in [0.29, 0.717) is 25.1 Å². The van der Waals surface area contributed by atoms with Crippen LogP contribution in [0.25, 0.3) is 0 Å². The normalized spacial score (nSPS) is 27.5. The smallest absolute Gasteiger partial charge is 0.407 e. The van der Waals surface area contributed by atoms with Gasteiger partial charge in [-0.05, 0) is 32.1 Å². The molecule has 1 aliphatic carbocycles. The lowest BCUT2D eigenvalue weighted by Crippen LogP contribution is -2.41. The molecular weight excluding hydrogens is 194 g/mol. The first kappa shape index (κ1) is 10.7. The Balaban J connectivity index is 1.69. The SMILES string of the molecule is O=C(O)N1CCCC(COC2CCC2)C1. The average molecular weight is 213 g/mol. The van der Waals surface area contributed by atoms with Gasteiger partial charge in [0.15, 0.2) is 0 Å². The molecule has 2 rings (SSSR count). The fourth-order valence-electron chi connectivity index (χ4n) is 2.18. The third kappa shape index (κ3) is 2.84. The van der Waals surface area contributed by atoms with Crippen LogP contribution in [0, 0.1) is 5.92 Å². The Hall–Kier alpha value is -0.770. The summed E-state index contributed by atoms with van der Waals surface area (Å²) in [5, 5.41) is 8.88. The van der Waals surface area contributed by atoms with Crippen molar-refractivity contribution in [2.24, 2.45) is 5.92 Å². The lowest BCUT2D eigenvalue weighted by Gasteiger charge is -2.33. The van der Waals surface area contributed by atoms with Crippen LogP contribution in [0.1, 0.15) is 32.1 Å². The molecule has 86 valence electrons. The summed E-state index contributed by atoms with van der Waals surface area (Å²) in [4.78, 5) is 12.3. The third-order valence-corrected chi connectivity index (χ3v) is 3.41. The van der Waals surface area contributed by atoms with Crippen molar-refractivity contribution >= 4 is 6.09 Å². The molecule has 2 aliphatic rings. The first-order valence-corrected chi connectivity index (χ1v) is 5.85. The summed E-state index contributed by atoms with van der Waals surface area (Å²) in [6.45, 7) is 2.09. The fraction of sp³-hybridized carbons (Fsp3) is 0.909. The zero-order valence-electron chi connectivity index (χ0n) is 9.02. The molecule has 0 bridgehead atoms. The van der Waals surface area contributed by atoms with Crippen molar-refractivity contribution in [3.63, 3.8) is 0 Å². The summed E-state index contributed by atoms with van der Waals surface area (Å²) in [5.41, 5.74) is 0. The molecule has 2 fully saturated rings. The van der Waals surface area contributed by atoms with E-state index in [1.54, 1.807) is 0 Å². The predicted molar refractivity (Wildman–Crippen MR) is 55.9 cm³/mol. The molecule has 0 radical (unpaired) electrons. The Labute approximate surface area is 90.2 Å². The lowest BCUT2D eigenvalue weighted by atomic mass is 9.95. The average Bonchev–Trinajstić information content (AvgIpc) is 2.16. The van der Waals surface area contributed by atoms with Crippen LogP contribution in [0.15, 0.2) is 0 Å². The van der Waals surface area contributed by atoms with Crippen LogP contribution in [0.4, 0.5) is 4.79 Å². The summed E-state index contributed by atoms with van der Waals surface area (Å²) >= 11 is 0. The van der Waals surface area contributed by atoms with Gasteiger partial charge in [0, 0.05) is 19.0 Å². The van der Waals surface area contributed by atoms with E-state index in [2.05, 4.69) is 0 Å². The molecule has 15 heavy (non-hydrogen) atoms. The number of likely N-dealkylation sites (tertiary alicyclic amines) is 1. The third-order valence-electron chi connectivity index (χ3n) is 3.41. The molecule has 4 heteroatoms. The van der Waals surface area contributed by atoms with E-state index in [1.807, 2.05) is 0 Å². The molecule has 4 nitrogen and oxygen atoms in total. The molecule has 1 saturated heterocycles. The highest BCUT2D eigenvalue weighted by atomic mass is 16.5. The van der Waals surface area contributed by atoms with Crippen molar-refractivity contribution in [1.82, 2.24) is 4.90 Å². The minimum absolute atomic E-state index is 0.412. The van der Waals surface area contributed by atoms with Crippen molar-refractivity contribution in [2.45, 2.75) is 38.2 Å². The molecule has 1 heterocycles. The van der Waals surface area contributed by atoms with E-state index in [0.717, 1.165) is 19.4 Å². The van der Waals surface area contributed by atoms with E-state index in [4.69, 9.17) is 9.84 Å². The van der Waals surface area contributed by atoms with Crippen molar-refractivity contribution in [3.05, 3.63) is 0 Å². The lowest BCUT2D eigenvalue weighted by molar-refractivity contribution is -0.0265. The topological polar surface area (TPSA) is 49.8 Å². The fourth-order valence-corrected chi connectivity index (χ4v) is 2.18. The zero-order chi connectivity index (χ0) is 10.7. The van der Waals surface area contributed by atoms with Gasteiger partial charge in [0.1, 0.15) is 0 Å². The van der Waals surface area contributed by atoms with Gasteiger partial charge in [-0.15, -0.1) is 0 Å². The Bertz CT molecular complexity index is 228. The van der Waals surface area contributed by atoms with Gasteiger partial charge in [0.2, 0.25) is 0 Å². The molecule has 1 atom stereocenters. The number of rotatable bonds is 3. The number of nitrogens with zero attached hydrogens (tertiary/aromatic N) is 1. The Morgan fingerprint density at radius 2 is 2.13 bits per heavy atom. The van der Waals surface area contributed by atoms with E-state index < -0.39 is 6.09 Å². The molecule has 1 amide bonds. The minimum Gasteiger partial charge on any atom is -0.465 e. The monoisotopic (exact) mass is 213 g/mol.